The maximum Gasteiger partial charge on any atom is 0.126 e. The molecule has 0 saturated heterocycles. The van der Waals surface area contributed by atoms with Crippen LogP contribution in [-0.2, 0) is 6.42 Å². The van der Waals surface area contributed by atoms with E-state index in [4.69, 9.17) is 11.6 Å². The topological polar surface area (TPSA) is 12.0 Å². The van der Waals surface area contributed by atoms with Gasteiger partial charge in [0.05, 0.1) is 0 Å². The summed E-state index contributed by atoms with van der Waals surface area (Å²) in [6.45, 7) is 0.722. The molecule has 0 radical (unpaired) electrons. The zero-order valence-corrected chi connectivity index (χ0v) is 11.9. The lowest BCUT2D eigenvalue weighted by atomic mass is 9.92. The Morgan fingerprint density at radius 3 is 2.20 bits per heavy atom. The van der Waals surface area contributed by atoms with E-state index >= 15 is 0 Å². The van der Waals surface area contributed by atoms with Gasteiger partial charge in [-0.1, -0.05) is 23.7 Å². The van der Waals surface area contributed by atoms with E-state index in [2.05, 4.69) is 5.32 Å². The van der Waals surface area contributed by atoms with Crippen LogP contribution in [0, 0.1) is 11.6 Å². The summed E-state index contributed by atoms with van der Waals surface area (Å²) in [5.41, 5.74) is 1.74. The van der Waals surface area contributed by atoms with Crippen LogP contribution in [0.5, 0.6) is 0 Å². The Bertz CT molecular complexity index is 549. The second-order valence-electron chi connectivity index (χ2n) is 4.79. The highest BCUT2D eigenvalue weighted by molar-refractivity contribution is 6.30. The Morgan fingerprint density at radius 2 is 1.65 bits per heavy atom. The molecule has 1 unspecified atom stereocenters. The fraction of sp³-hybridized carbons (Fsp3) is 0.250. The van der Waals surface area contributed by atoms with Crippen LogP contribution < -0.4 is 5.32 Å². The molecule has 2 aromatic carbocycles. The van der Waals surface area contributed by atoms with Crippen LogP contribution in [0.25, 0.3) is 0 Å². The van der Waals surface area contributed by atoms with Gasteiger partial charge in [0.15, 0.2) is 0 Å². The second-order valence-corrected chi connectivity index (χ2v) is 5.22. The Labute approximate surface area is 122 Å². The molecule has 0 aromatic heterocycles. The molecule has 0 aliphatic carbocycles. The van der Waals surface area contributed by atoms with Gasteiger partial charge >= 0.3 is 0 Å². The third-order valence-electron chi connectivity index (χ3n) is 3.20. The minimum absolute atomic E-state index is 0.137. The van der Waals surface area contributed by atoms with Gasteiger partial charge in [-0.15, -0.1) is 0 Å². The zero-order valence-electron chi connectivity index (χ0n) is 11.2. The number of likely N-dealkylation sites (N-methyl/N-ethyl adjacent to an activating group) is 1. The van der Waals surface area contributed by atoms with Gasteiger partial charge in [-0.05, 0) is 48.9 Å². The van der Waals surface area contributed by atoms with Gasteiger partial charge in [0.2, 0.25) is 0 Å². The van der Waals surface area contributed by atoms with Crippen molar-refractivity contribution in [3.05, 3.63) is 70.2 Å². The number of benzene rings is 2. The molecule has 2 aromatic rings. The Hall–Kier alpha value is -1.45. The highest BCUT2D eigenvalue weighted by Gasteiger charge is 2.13. The lowest BCUT2D eigenvalue weighted by Crippen LogP contribution is -2.19. The van der Waals surface area contributed by atoms with Crippen molar-refractivity contribution in [3.63, 3.8) is 0 Å². The molecule has 0 spiro atoms. The molecule has 1 nitrogen and oxygen atoms in total. The number of halogens is 3. The molecule has 1 atom stereocenters. The summed E-state index contributed by atoms with van der Waals surface area (Å²) in [6.07, 6.45) is 0.567. The summed E-state index contributed by atoms with van der Waals surface area (Å²) in [5, 5.41) is 3.78. The van der Waals surface area contributed by atoms with Gasteiger partial charge in [0.25, 0.3) is 0 Å². The molecule has 0 heterocycles. The van der Waals surface area contributed by atoms with Crippen LogP contribution in [0.1, 0.15) is 17.0 Å². The summed E-state index contributed by atoms with van der Waals surface area (Å²) in [4.78, 5) is 0. The second kappa shape index (κ2) is 6.82. The molecule has 106 valence electrons. The molecular formula is C16H16ClF2N. The average Bonchev–Trinajstić information content (AvgIpc) is 2.38. The van der Waals surface area contributed by atoms with Crippen LogP contribution in [0.15, 0.2) is 42.5 Å². The van der Waals surface area contributed by atoms with Gasteiger partial charge in [-0.3, -0.25) is 0 Å². The number of rotatable bonds is 5. The van der Waals surface area contributed by atoms with Crippen molar-refractivity contribution in [3.8, 4) is 0 Å². The minimum atomic E-state index is -0.542. The Balaban J connectivity index is 2.22. The molecule has 0 amide bonds. The first-order valence-electron chi connectivity index (χ1n) is 6.43. The van der Waals surface area contributed by atoms with E-state index in [1.165, 1.54) is 12.1 Å². The van der Waals surface area contributed by atoms with E-state index in [0.717, 1.165) is 18.2 Å². The van der Waals surface area contributed by atoms with Crippen molar-refractivity contribution in [1.82, 2.24) is 5.32 Å². The third kappa shape index (κ3) is 4.02. The van der Waals surface area contributed by atoms with E-state index in [1.54, 1.807) is 0 Å². The fourth-order valence-corrected chi connectivity index (χ4v) is 2.43. The van der Waals surface area contributed by atoms with Gasteiger partial charge in [-0.2, -0.15) is 0 Å². The average molecular weight is 296 g/mol. The summed E-state index contributed by atoms with van der Waals surface area (Å²) in [7, 11) is 1.86. The lowest BCUT2D eigenvalue weighted by Gasteiger charge is -2.17. The van der Waals surface area contributed by atoms with Crippen molar-refractivity contribution in [1.29, 1.82) is 0 Å². The first-order chi connectivity index (χ1) is 9.58. The number of nitrogens with one attached hydrogen (secondary N) is 1. The zero-order chi connectivity index (χ0) is 14.5. The van der Waals surface area contributed by atoms with Crippen LogP contribution in [0.3, 0.4) is 0 Å². The van der Waals surface area contributed by atoms with Gasteiger partial charge < -0.3 is 5.32 Å². The van der Waals surface area contributed by atoms with E-state index < -0.39 is 11.6 Å². The molecule has 0 bridgehead atoms. The number of hydrogen-bond acceptors (Lipinski definition) is 1. The normalized spacial score (nSPS) is 12.4. The van der Waals surface area contributed by atoms with Crippen LogP contribution >= 0.6 is 11.6 Å². The van der Waals surface area contributed by atoms with Gasteiger partial charge in [0.1, 0.15) is 11.6 Å². The summed E-state index contributed by atoms with van der Waals surface area (Å²) in [5.74, 6) is -0.947. The van der Waals surface area contributed by atoms with Crippen molar-refractivity contribution in [2.45, 2.75) is 12.3 Å². The maximum atomic E-state index is 13.2. The SMILES string of the molecule is CNCC(Cc1cc(F)cc(F)c1)c1ccc(Cl)cc1. The minimum Gasteiger partial charge on any atom is -0.319 e. The van der Waals surface area contributed by atoms with Crippen molar-refractivity contribution >= 4 is 11.6 Å². The highest BCUT2D eigenvalue weighted by Crippen LogP contribution is 2.23. The summed E-state index contributed by atoms with van der Waals surface area (Å²) in [6, 6.07) is 11.2. The largest absolute Gasteiger partial charge is 0.319 e. The predicted molar refractivity (Wildman–Crippen MR) is 78.2 cm³/mol. The van der Waals surface area contributed by atoms with E-state index in [-0.39, 0.29) is 5.92 Å². The quantitative estimate of drug-likeness (QED) is 0.873. The van der Waals surface area contributed by atoms with E-state index in [1.807, 2.05) is 31.3 Å². The van der Waals surface area contributed by atoms with Crippen molar-refractivity contribution in [2.24, 2.45) is 0 Å². The summed E-state index contributed by atoms with van der Waals surface area (Å²) >= 11 is 5.88. The standard InChI is InChI=1S/C16H16ClF2N/c1-20-10-13(12-2-4-14(17)5-3-12)6-11-7-15(18)9-16(19)8-11/h2-5,7-9,13,20H,6,10H2,1H3. The monoisotopic (exact) mass is 295 g/mol. The Kier molecular flexibility index (Phi) is 5.10. The van der Waals surface area contributed by atoms with Gasteiger partial charge in [0, 0.05) is 23.6 Å². The lowest BCUT2D eigenvalue weighted by molar-refractivity contribution is 0.571. The molecule has 0 aliphatic rings. The first-order valence-corrected chi connectivity index (χ1v) is 6.81. The molecule has 2 rings (SSSR count). The van der Waals surface area contributed by atoms with E-state index in [9.17, 15) is 8.78 Å². The highest BCUT2D eigenvalue weighted by atomic mass is 35.5. The third-order valence-corrected chi connectivity index (χ3v) is 3.45. The molecule has 0 aliphatic heterocycles. The predicted octanol–water partition coefficient (Wildman–Crippen LogP) is 4.16. The molecule has 1 N–H and O–H groups in total. The smallest absolute Gasteiger partial charge is 0.126 e. The van der Waals surface area contributed by atoms with Gasteiger partial charge in [-0.25, -0.2) is 8.78 Å². The molecule has 4 heteroatoms. The molecule has 20 heavy (non-hydrogen) atoms. The molecular weight excluding hydrogens is 280 g/mol. The van der Waals surface area contributed by atoms with Crippen molar-refractivity contribution < 1.29 is 8.78 Å². The van der Waals surface area contributed by atoms with E-state index in [0.29, 0.717) is 17.0 Å². The van der Waals surface area contributed by atoms with Crippen LogP contribution in [-0.4, -0.2) is 13.6 Å². The Morgan fingerprint density at radius 1 is 1.05 bits per heavy atom. The van der Waals surface area contributed by atoms with Crippen LogP contribution in [0.4, 0.5) is 8.78 Å². The first kappa shape index (κ1) is 14.9. The van der Waals surface area contributed by atoms with Crippen molar-refractivity contribution in [2.75, 3.05) is 13.6 Å². The molecule has 0 fully saturated rings. The maximum absolute atomic E-state index is 13.2. The number of hydrogen-bond donors (Lipinski definition) is 1. The molecule has 0 saturated carbocycles. The van der Waals surface area contributed by atoms with Crippen LogP contribution in [0.2, 0.25) is 5.02 Å². The fourth-order valence-electron chi connectivity index (χ4n) is 2.30. The summed E-state index contributed by atoms with van der Waals surface area (Å²) < 4.78 is 26.5.